The lowest BCUT2D eigenvalue weighted by Crippen LogP contribution is -2.50. The normalized spacial score (nSPS) is 20.2. The van der Waals surface area contributed by atoms with Crippen LogP contribution in [0, 0.1) is 12.8 Å². The zero-order chi connectivity index (χ0) is 20.8. The third-order valence-corrected chi connectivity index (χ3v) is 6.12. The Balaban J connectivity index is 1.21. The average molecular weight is 409 g/mol. The number of likely N-dealkylation sites (tertiary alicyclic amines) is 1. The van der Waals surface area contributed by atoms with Gasteiger partial charge in [0.25, 0.3) is 5.91 Å². The number of piperidine rings is 1. The van der Waals surface area contributed by atoms with Gasteiger partial charge in [0, 0.05) is 52.0 Å². The lowest BCUT2D eigenvalue weighted by atomic mass is 9.97. The molecule has 0 N–H and O–H groups in total. The summed E-state index contributed by atoms with van der Waals surface area (Å²) in [6.07, 6.45) is 4.13. The molecule has 6 nitrogen and oxygen atoms in total. The first kappa shape index (κ1) is 20.7. The van der Waals surface area contributed by atoms with Crippen LogP contribution >= 0.6 is 0 Å². The number of amides is 1. The lowest BCUT2D eigenvalue weighted by molar-refractivity contribution is -0.135. The molecule has 30 heavy (non-hydrogen) atoms. The van der Waals surface area contributed by atoms with Crippen molar-refractivity contribution < 1.29 is 9.53 Å². The van der Waals surface area contributed by atoms with Crippen LogP contribution < -0.4 is 9.64 Å². The molecule has 0 spiro atoms. The summed E-state index contributed by atoms with van der Waals surface area (Å²) in [5.41, 5.74) is 1.19. The van der Waals surface area contributed by atoms with Crippen LogP contribution in [0.15, 0.2) is 48.7 Å². The first-order valence-corrected chi connectivity index (χ1v) is 11.0. The van der Waals surface area contributed by atoms with E-state index in [2.05, 4.69) is 20.9 Å². The molecule has 2 aliphatic rings. The van der Waals surface area contributed by atoms with Crippen LogP contribution in [0.2, 0.25) is 0 Å². The smallest absolute Gasteiger partial charge is 0.260 e. The summed E-state index contributed by atoms with van der Waals surface area (Å²) >= 11 is 0. The second-order valence-corrected chi connectivity index (χ2v) is 8.43. The van der Waals surface area contributed by atoms with Crippen molar-refractivity contribution in [1.82, 2.24) is 14.8 Å². The fraction of sp³-hybridized carbons (Fsp3) is 0.500. The van der Waals surface area contributed by atoms with Crippen LogP contribution in [0.1, 0.15) is 18.4 Å². The zero-order valence-electron chi connectivity index (χ0n) is 17.9. The molecule has 2 saturated heterocycles. The van der Waals surface area contributed by atoms with E-state index >= 15 is 0 Å². The van der Waals surface area contributed by atoms with Crippen LogP contribution in [0.4, 0.5) is 5.82 Å². The summed E-state index contributed by atoms with van der Waals surface area (Å²) in [5, 5.41) is 0. The maximum absolute atomic E-state index is 12.6. The Bertz CT molecular complexity index is 804. The SMILES string of the molecule is Cc1ccc(OCC(=O)N2CCCC(CN3CCN(c4ccccn4)CC3)C2)cc1. The molecule has 6 heteroatoms. The Morgan fingerprint density at radius 1 is 1.07 bits per heavy atom. The van der Waals surface area contributed by atoms with Gasteiger partial charge in [0.15, 0.2) is 6.61 Å². The first-order valence-electron chi connectivity index (χ1n) is 11.0. The number of aryl methyl sites for hydroxylation is 1. The van der Waals surface area contributed by atoms with E-state index in [1.54, 1.807) is 0 Å². The largest absolute Gasteiger partial charge is 0.484 e. The van der Waals surface area contributed by atoms with Crippen molar-refractivity contribution in [3.05, 3.63) is 54.2 Å². The minimum absolute atomic E-state index is 0.0975. The van der Waals surface area contributed by atoms with Gasteiger partial charge >= 0.3 is 0 Å². The summed E-state index contributed by atoms with van der Waals surface area (Å²) in [6.45, 7) is 9.05. The molecule has 0 radical (unpaired) electrons. The summed E-state index contributed by atoms with van der Waals surface area (Å²) in [5.74, 6) is 2.47. The van der Waals surface area contributed by atoms with Crippen molar-refractivity contribution in [2.24, 2.45) is 5.92 Å². The van der Waals surface area contributed by atoms with Gasteiger partial charge in [0.1, 0.15) is 11.6 Å². The average Bonchev–Trinajstić information content (AvgIpc) is 2.80. The number of anilines is 1. The molecule has 1 unspecified atom stereocenters. The predicted octanol–water partition coefficient (Wildman–Crippen LogP) is 2.83. The van der Waals surface area contributed by atoms with Gasteiger partial charge in [0.05, 0.1) is 0 Å². The Kier molecular flexibility index (Phi) is 6.84. The van der Waals surface area contributed by atoms with E-state index < -0.39 is 0 Å². The fourth-order valence-corrected chi connectivity index (χ4v) is 4.38. The van der Waals surface area contributed by atoms with E-state index in [0.29, 0.717) is 5.92 Å². The highest BCUT2D eigenvalue weighted by atomic mass is 16.5. The van der Waals surface area contributed by atoms with Gasteiger partial charge in [-0.25, -0.2) is 4.98 Å². The van der Waals surface area contributed by atoms with E-state index in [-0.39, 0.29) is 12.5 Å². The van der Waals surface area contributed by atoms with Crippen LogP contribution in [0.25, 0.3) is 0 Å². The molecule has 2 aromatic rings. The van der Waals surface area contributed by atoms with Gasteiger partial charge in [-0.1, -0.05) is 23.8 Å². The molecule has 2 aliphatic heterocycles. The molecule has 0 aliphatic carbocycles. The van der Waals surface area contributed by atoms with Crippen molar-refractivity contribution in [2.75, 3.05) is 57.3 Å². The van der Waals surface area contributed by atoms with E-state index in [0.717, 1.165) is 63.8 Å². The van der Waals surface area contributed by atoms with E-state index in [4.69, 9.17) is 4.74 Å². The number of nitrogens with zero attached hydrogens (tertiary/aromatic N) is 4. The van der Waals surface area contributed by atoms with Gasteiger partial charge in [-0.2, -0.15) is 0 Å². The van der Waals surface area contributed by atoms with E-state index in [1.807, 2.05) is 54.4 Å². The number of ether oxygens (including phenoxy) is 1. The minimum Gasteiger partial charge on any atom is -0.484 e. The highest BCUT2D eigenvalue weighted by Gasteiger charge is 2.27. The third kappa shape index (κ3) is 5.51. The quantitative estimate of drug-likeness (QED) is 0.736. The fourth-order valence-electron chi connectivity index (χ4n) is 4.38. The number of hydrogen-bond acceptors (Lipinski definition) is 5. The minimum atomic E-state index is 0.0975. The molecular formula is C24H32N4O2. The summed E-state index contributed by atoms with van der Waals surface area (Å²) in [7, 11) is 0. The maximum atomic E-state index is 12.6. The van der Waals surface area contributed by atoms with Crippen LogP contribution in [-0.4, -0.2) is 73.1 Å². The number of hydrogen-bond donors (Lipinski definition) is 0. The van der Waals surface area contributed by atoms with Gasteiger partial charge in [-0.3, -0.25) is 9.69 Å². The highest BCUT2D eigenvalue weighted by Crippen LogP contribution is 2.20. The third-order valence-electron chi connectivity index (χ3n) is 6.12. The molecule has 1 aromatic heterocycles. The first-order chi connectivity index (χ1) is 14.7. The summed E-state index contributed by atoms with van der Waals surface area (Å²) in [4.78, 5) is 24.0. The number of benzene rings is 1. The molecule has 1 amide bonds. The van der Waals surface area contributed by atoms with Crippen LogP contribution in [-0.2, 0) is 4.79 Å². The van der Waals surface area contributed by atoms with Crippen LogP contribution in [0.5, 0.6) is 5.75 Å². The molecule has 2 fully saturated rings. The second-order valence-electron chi connectivity index (χ2n) is 8.43. The monoisotopic (exact) mass is 408 g/mol. The zero-order valence-corrected chi connectivity index (χ0v) is 17.9. The van der Waals surface area contributed by atoms with Gasteiger partial charge in [-0.15, -0.1) is 0 Å². The maximum Gasteiger partial charge on any atom is 0.260 e. The van der Waals surface area contributed by atoms with Crippen molar-refractivity contribution in [3.8, 4) is 5.75 Å². The predicted molar refractivity (Wildman–Crippen MR) is 119 cm³/mol. The van der Waals surface area contributed by atoms with Crippen molar-refractivity contribution in [3.63, 3.8) is 0 Å². The summed E-state index contributed by atoms with van der Waals surface area (Å²) < 4.78 is 5.70. The van der Waals surface area contributed by atoms with Crippen molar-refractivity contribution in [2.45, 2.75) is 19.8 Å². The highest BCUT2D eigenvalue weighted by molar-refractivity contribution is 5.77. The number of carbonyl (C=O) groups excluding carboxylic acids is 1. The van der Waals surface area contributed by atoms with Gasteiger partial charge in [0.2, 0.25) is 0 Å². The van der Waals surface area contributed by atoms with Crippen molar-refractivity contribution >= 4 is 11.7 Å². The molecule has 160 valence electrons. The number of carbonyl (C=O) groups is 1. The molecule has 0 bridgehead atoms. The number of piperazine rings is 1. The van der Waals surface area contributed by atoms with Crippen LogP contribution in [0.3, 0.4) is 0 Å². The Labute approximate surface area is 179 Å². The number of pyridine rings is 1. The number of rotatable bonds is 6. The Morgan fingerprint density at radius 2 is 1.87 bits per heavy atom. The molecular weight excluding hydrogens is 376 g/mol. The molecule has 0 saturated carbocycles. The Hall–Kier alpha value is -2.60. The van der Waals surface area contributed by atoms with Crippen molar-refractivity contribution in [1.29, 1.82) is 0 Å². The molecule has 1 aromatic carbocycles. The molecule has 1 atom stereocenters. The van der Waals surface area contributed by atoms with Gasteiger partial charge < -0.3 is 14.5 Å². The lowest BCUT2D eigenvalue weighted by Gasteiger charge is -2.39. The number of aromatic nitrogens is 1. The molecule has 3 heterocycles. The van der Waals surface area contributed by atoms with Gasteiger partial charge in [-0.05, 0) is 49.9 Å². The standard InChI is InChI=1S/C24H32N4O2/c1-20-7-9-22(10-8-20)30-19-24(29)28-12-4-5-21(18-28)17-26-13-15-27(16-14-26)23-6-2-3-11-25-23/h2-3,6-11,21H,4-5,12-19H2,1H3. The molecule has 4 rings (SSSR count). The second kappa shape index (κ2) is 9.94. The Morgan fingerprint density at radius 3 is 2.60 bits per heavy atom. The summed E-state index contributed by atoms with van der Waals surface area (Å²) in [6, 6.07) is 13.9. The topological polar surface area (TPSA) is 48.9 Å². The van der Waals surface area contributed by atoms with E-state index in [1.165, 1.54) is 12.0 Å². The van der Waals surface area contributed by atoms with E-state index in [9.17, 15) is 4.79 Å².